The molecular formula is C23H21N7O6S. The molecule has 2 aromatic heterocycles. The number of aromatic carboxylic acids is 1. The van der Waals surface area contributed by atoms with E-state index in [4.69, 9.17) is 25.4 Å². The number of ether oxygens (including phenoxy) is 3. The molecule has 1 aliphatic rings. The second-order valence-electron chi connectivity index (χ2n) is 7.93. The van der Waals surface area contributed by atoms with Crippen LogP contribution in [0.15, 0.2) is 46.7 Å². The van der Waals surface area contributed by atoms with Crippen molar-refractivity contribution in [2.24, 2.45) is 5.73 Å². The molecule has 0 fully saturated rings. The van der Waals surface area contributed by atoms with Gasteiger partial charge in [-0.15, -0.1) is 16.4 Å². The van der Waals surface area contributed by atoms with Crippen LogP contribution >= 0.6 is 11.3 Å². The van der Waals surface area contributed by atoms with Gasteiger partial charge in [-0.25, -0.2) is 14.6 Å². The summed E-state index contributed by atoms with van der Waals surface area (Å²) in [6.45, 7) is 0.398. The lowest BCUT2D eigenvalue weighted by Crippen LogP contribution is -2.18. The second kappa shape index (κ2) is 9.75. The van der Waals surface area contributed by atoms with Crippen molar-refractivity contribution in [1.82, 2.24) is 19.7 Å². The van der Waals surface area contributed by atoms with Gasteiger partial charge >= 0.3 is 11.7 Å². The quantitative estimate of drug-likeness (QED) is 0.169. The van der Waals surface area contributed by atoms with E-state index in [1.165, 1.54) is 12.6 Å². The van der Waals surface area contributed by atoms with Crippen molar-refractivity contribution in [2.45, 2.75) is 12.6 Å². The summed E-state index contributed by atoms with van der Waals surface area (Å²) >= 11 is 0.890. The van der Waals surface area contributed by atoms with Crippen molar-refractivity contribution >= 4 is 28.8 Å². The Kier molecular flexibility index (Phi) is 6.33. The van der Waals surface area contributed by atoms with E-state index >= 15 is 0 Å². The number of aromatic nitrogens is 4. The molecule has 0 saturated heterocycles. The van der Waals surface area contributed by atoms with Crippen LogP contribution in [-0.4, -0.2) is 50.6 Å². The number of carboxylic acids is 1. The van der Waals surface area contributed by atoms with E-state index < -0.39 is 17.7 Å². The third-order valence-corrected chi connectivity index (χ3v) is 6.41. The summed E-state index contributed by atoms with van der Waals surface area (Å²) in [7, 11) is 1.52. The van der Waals surface area contributed by atoms with Crippen molar-refractivity contribution < 1.29 is 24.1 Å². The number of carboxylic acid groups (broad SMARTS) is 1. The van der Waals surface area contributed by atoms with Crippen molar-refractivity contribution in [2.75, 3.05) is 19.2 Å². The number of thiazole rings is 1. The lowest BCUT2D eigenvalue weighted by Gasteiger charge is -2.24. The highest BCUT2D eigenvalue weighted by atomic mass is 32.1. The lowest BCUT2D eigenvalue weighted by atomic mass is 10.0. The number of methoxy groups -OCH3 is 1. The maximum atomic E-state index is 12.9. The molecule has 190 valence electrons. The number of aromatic amines is 1. The number of nitrogens with one attached hydrogen (secondary N) is 3. The predicted octanol–water partition coefficient (Wildman–Crippen LogP) is 2.08. The largest absolute Gasteiger partial charge is 0.493 e. The van der Waals surface area contributed by atoms with Crippen LogP contribution in [0.2, 0.25) is 0 Å². The molecule has 1 aliphatic heterocycles. The zero-order valence-corrected chi connectivity index (χ0v) is 20.2. The molecule has 0 bridgehead atoms. The molecule has 0 aliphatic carbocycles. The van der Waals surface area contributed by atoms with E-state index in [0.717, 1.165) is 21.6 Å². The van der Waals surface area contributed by atoms with Gasteiger partial charge in [-0.3, -0.25) is 10.4 Å². The number of hydrogen-bond acceptors (Lipinski definition) is 10. The van der Waals surface area contributed by atoms with Gasteiger partial charge in [0, 0.05) is 16.8 Å². The van der Waals surface area contributed by atoms with Crippen molar-refractivity contribution in [1.29, 1.82) is 5.41 Å². The Morgan fingerprint density at radius 2 is 2.14 bits per heavy atom. The average Bonchev–Trinajstić information content (AvgIpc) is 3.53. The number of carbonyl (C=O) groups is 1. The first kappa shape index (κ1) is 24.0. The molecule has 4 aromatic rings. The number of rotatable bonds is 8. The SMILES string of the molecule is COc1cc(C(Nc2ccc(C(=N)N)cc2)c2nn(-c3ncsc3C(=O)O)c(=O)[nH]2)cc2c1OCOC2. The summed E-state index contributed by atoms with van der Waals surface area (Å²) in [5.41, 5.74) is 8.86. The van der Waals surface area contributed by atoms with Gasteiger partial charge in [0.2, 0.25) is 0 Å². The smallest absolute Gasteiger partial charge is 0.349 e. The topological polar surface area (TPSA) is 190 Å². The maximum Gasteiger partial charge on any atom is 0.349 e. The zero-order chi connectivity index (χ0) is 26.1. The maximum absolute atomic E-state index is 12.9. The lowest BCUT2D eigenvalue weighted by molar-refractivity contribution is -0.0180. The normalized spacial score (nSPS) is 13.3. The van der Waals surface area contributed by atoms with Gasteiger partial charge in [0.1, 0.15) is 11.9 Å². The van der Waals surface area contributed by atoms with Crippen LogP contribution in [0.3, 0.4) is 0 Å². The van der Waals surface area contributed by atoms with E-state index in [0.29, 0.717) is 34.9 Å². The van der Waals surface area contributed by atoms with Gasteiger partial charge in [-0.1, -0.05) is 0 Å². The van der Waals surface area contributed by atoms with Crippen molar-refractivity contribution in [3.8, 4) is 17.3 Å². The number of nitrogens with zero attached hydrogens (tertiary/aromatic N) is 3. The van der Waals surface area contributed by atoms with Crippen LogP contribution in [0.5, 0.6) is 11.5 Å². The summed E-state index contributed by atoms with van der Waals surface area (Å²) in [4.78, 5) is 31.1. The van der Waals surface area contributed by atoms with Crippen molar-refractivity contribution in [3.05, 3.63) is 79.8 Å². The Labute approximate surface area is 213 Å². The number of fused-ring (bicyclic) bond motifs is 1. The first-order valence-electron chi connectivity index (χ1n) is 10.8. The molecule has 2 aromatic carbocycles. The highest BCUT2D eigenvalue weighted by Crippen LogP contribution is 2.38. The number of hydrogen-bond donors (Lipinski definition) is 5. The van der Waals surface area contributed by atoms with Gasteiger partial charge in [0.25, 0.3) is 0 Å². The number of anilines is 1. The minimum absolute atomic E-state index is 0.0666. The van der Waals surface area contributed by atoms with Gasteiger partial charge in [-0.2, -0.15) is 4.68 Å². The number of amidine groups is 1. The minimum Gasteiger partial charge on any atom is -0.493 e. The van der Waals surface area contributed by atoms with Gasteiger partial charge in [0.15, 0.2) is 34.8 Å². The van der Waals surface area contributed by atoms with Gasteiger partial charge in [-0.05, 0) is 42.0 Å². The fraction of sp³-hybridized carbons (Fsp3) is 0.174. The van der Waals surface area contributed by atoms with E-state index in [9.17, 15) is 14.7 Å². The van der Waals surface area contributed by atoms with Crippen LogP contribution in [0.1, 0.15) is 38.2 Å². The van der Waals surface area contributed by atoms with Gasteiger partial charge < -0.3 is 30.4 Å². The number of nitrogens with two attached hydrogens (primary N) is 1. The highest BCUT2D eigenvalue weighted by molar-refractivity contribution is 7.12. The summed E-state index contributed by atoms with van der Waals surface area (Å²) in [5.74, 6) is -0.126. The van der Waals surface area contributed by atoms with Crippen molar-refractivity contribution in [3.63, 3.8) is 0 Å². The Morgan fingerprint density at radius 3 is 2.84 bits per heavy atom. The van der Waals surface area contributed by atoms with Crippen LogP contribution in [-0.2, 0) is 11.3 Å². The Balaban J connectivity index is 1.62. The van der Waals surface area contributed by atoms with E-state index in [2.05, 4.69) is 20.4 Å². The summed E-state index contributed by atoms with van der Waals surface area (Å²) < 4.78 is 17.5. The predicted molar refractivity (Wildman–Crippen MR) is 133 cm³/mol. The molecule has 1 atom stereocenters. The second-order valence-corrected chi connectivity index (χ2v) is 8.78. The average molecular weight is 524 g/mol. The fourth-order valence-corrected chi connectivity index (χ4v) is 4.50. The van der Waals surface area contributed by atoms with Gasteiger partial charge in [0.05, 0.1) is 19.2 Å². The third-order valence-electron chi connectivity index (χ3n) is 5.61. The first-order valence-corrected chi connectivity index (χ1v) is 11.7. The van der Waals surface area contributed by atoms with E-state index in [1.807, 2.05) is 6.07 Å². The van der Waals surface area contributed by atoms with E-state index in [1.54, 1.807) is 30.3 Å². The Hall–Kier alpha value is -4.69. The van der Waals surface area contributed by atoms with Crippen LogP contribution in [0, 0.1) is 5.41 Å². The van der Waals surface area contributed by atoms with Crippen LogP contribution in [0.25, 0.3) is 5.82 Å². The Morgan fingerprint density at radius 1 is 1.35 bits per heavy atom. The third kappa shape index (κ3) is 4.62. The molecule has 0 spiro atoms. The molecule has 0 saturated carbocycles. The molecule has 0 amide bonds. The standard InChI is InChI=1S/C23H21N7O6S/c1-34-15-7-12(6-13-8-35-10-36-17(13)15)16(27-14-4-2-11(3-5-14)19(24)25)20-28-23(33)30(29-20)21-18(22(31)32)37-9-26-21/h2-7,9,16,27H,8,10H2,1H3,(H3,24,25)(H,31,32)(H,28,29,33). The molecular weight excluding hydrogens is 502 g/mol. The molecule has 13 nitrogen and oxygen atoms in total. The molecule has 37 heavy (non-hydrogen) atoms. The summed E-state index contributed by atoms with van der Waals surface area (Å²) in [5, 5.41) is 24.8. The highest BCUT2D eigenvalue weighted by Gasteiger charge is 2.27. The minimum atomic E-state index is -1.21. The zero-order valence-electron chi connectivity index (χ0n) is 19.3. The number of benzene rings is 2. The summed E-state index contributed by atoms with van der Waals surface area (Å²) in [6.07, 6.45) is 0. The number of H-pyrrole nitrogens is 1. The molecule has 1 unspecified atom stereocenters. The molecule has 5 rings (SSSR count). The molecule has 6 N–H and O–H groups in total. The monoisotopic (exact) mass is 523 g/mol. The van der Waals surface area contributed by atoms with Crippen LogP contribution < -0.4 is 26.2 Å². The van der Waals surface area contributed by atoms with Crippen LogP contribution in [0.4, 0.5) is 5.69 Å². The molecule has 0 radical (unpaired) electrons. The number of nitrogen functional groups attached to an aromatic ring is 1. The molecule has 3 heterocycles. The fourth-order valence-electron chi connectivity index (χ4n) is 3.90. The van der Waals surface area contributed by atoms with E-state index in [-0.39, 0.29) is 29.1 Å². The molecule has 14 heteroatoms. The first-order chi connectivity index (χ1) is 17.9. The Bertz CT molecular complexity index is 1520. The summed E-state index contributed by atoms with van der Waals surface area (Å²) in [6, 6.07) is 9.74.